The number of carboxylic acid groups (broad SMARTS) is 3. The Hall–Kier alpha value is -3.18. The van der Waals surface area contributed by atoms with Gasteiger partial charge in [-0.15, -0.1) is 0 Å². The van der Waals surface area contributed by atoms with Crippen LogP contribution in [0.5, 0.6) is 0 Å². The number of nitrogens with two attached hydrogens (primary N) is 1. The van der Waals surface area contributed by atoms with E-state index < -0.39 is 42.4 Å². The minimum atomic E-state index is -1.43. The van der Waals surface area contributed by atoms with E-state index in [1.807, 2.05) is 0 Å². The van der Waals surface area contributed by atoms with Gasteiger partial charge >= 0.3 is 23.9 Å². The molecule has 0 fully saturated rings. The van der Waals surface area contributed by atoms with Crippen molar-refractivity contribution in [1.29, 1.82) is 0 Å². The molecule has 27 heavy (non-hydrogen) atoms. The first kappa shape index (κ1) is 23.8. The van der Waals surface area contributed by atoms with Gasteiger partial charge in [-0.05, 0) is 32.6 Å². The minimum absolute atomic E-state index is 0.120. The number of urea groups is 1. The van der Waals surface area contributed by atoms with E-state index in [9.17, 15) is 19.2 Å². The van der Waals surface area contributed by atoms with Gasteiger partial charge in [0.25, 0.3) is 0 Å². The van der Waals surface area contributed by atoms with Gasteiger partial charge in [-0.2, -0.15) is 5.10 Å². The molecule has 0 aliphatic rings. The first-order valence-electron chi connectivity index (χ1n) is 8.16. The fourth-order valence-corrected chi connectivity index (χ4v) is 1.92. The van der Waals surface area contributed by atoms with E-state index in [0.717, 1.165) is 0 Å². The third-order valence-corrected chi connectivity index (χ3v) is 3.37. The zero-order valence-corrected chi connectivity index (χ0v) is 14.9. The maximum Gasteiger partial charge on any atom is 0.326 e. The van der Waals surface area contributed by atoms with Crippen LogP contribution in [-0.4, -0.2) is 69.8 Å². The molecule has 2 atom stereocenters. The molecule has 0 unspecified atom stereocenters. The lowest BCUT2D eigenvalue weighted by Crippen LogP contribution is -2.51. The molecule has 2 amide bonds. The van der Waals surface area contributed by atoms with Crippen molar-refractivity contribution in [2.75, 3.05) is 6.54 Å². The lowest BCUT2D eigenvalue weighted by molar-refractivity contribution is -0.140. The Morgan fingerprint density at radius 1 is 1.00 bits per heavy atom. The van der Waals surface area contributed by atoms with Crippen molar-refractivity contribution in [2.45, 2.75) is 51.1 Å². The van der Waals surface area contributed by atoms with Crippen LogP contribution in [0, 0.1) is 0 Å². The quantitative estimate of drug-likeness (QED) is 0.106. The molecule has 0 saturated carbocycles. The molecule has 0 aliphatic heterocycles. The zero-order valence-electron chi connectivity index (χ0n) is 14.9. The summed E-state index contributed by atoms with van der Waals surface area (Å²) in [6.45, 7) is 2.11. The van der Waals surface area contributed by atoms with Crippen LogP contribution in [0.25, 0.3) is 0 Å². The smallest absolute Gasteiger partial charge is 0.326 e. The predicted molar refractivity (Wildman–Crippen MR) is 95.9 cm³/mol. The van der Waals surface area contributed by atoms with Gasteiger partial charge in [-0.1, -0.05) is 0 Å². The number of amides is 2. The summed E-state index contributed by atoms with van der Waals surface area (Å²) in [7, 11) is 0. The highest BCUT2D eigenvalue weighted by molar-refractivity contribution is 6.29. The molecule has 0 heterocycles. The third kappa shape index (κ3) is 11.9. The standard InChI is InChI=1S/C15H25N5O7/c1-9(20-16)8-17-7-3-2-4-10(13(23)24)18-15(27)19-11(14(25)26)5-6-12(21)22/h8,10-11H,2-7,16H2,1H3,(H,21,22)(H,23,24)(H,25,26)(H2,18,19,27)/t10-,11+/m0/s1. The van der Waals surface area contributed by atoms with Crippen molar-refractivity contribution in [3.05, 3.63) is 0 Å². The Morgan fingerprint density at radius 3 is 2.04 bits per heavy atom. The van der Waals surface area contributed by atoms with Gasteiger partial charge < -0.3 is 31.8 Å². The lowest BCUT2D eigenvalue weighted by atomic mass is 10.1. The number of carbonyl (C=O) groups excluding carboxylic acids is 1. The number of hydrogen-bond donors (Lipinski definition) is 6. The Labute approximate surface area is 155 Å². The predicted octanol–water partition coefficient (Wildman–Crippen LogP) is -0.367. The maximum atomic E-state index is 11.8. The van der Waals surface area contributed by atoms with Crippen LogP contribution in [-0.2, 0) is 14.4 Å². The molecule has 12 heteroatoms. The van der Waals surface area contributed by atoms with Crippen LogP contribution >= 0.6 is 0 Å². The van der Waals surface area contributed by atoms with Gasteiger partial charge in [0.15, 0.2) is 0 Å². The van der Waals surface area contributed by atoms with Crippen LogP contribution in [0.4, 0.5) is 4.79 Å². The fourth-order valence-electron chi connectivity index (χ4n) is 1.92. The lowest BCUT2D eigenvalue weighted by Gasteiger charge is -2.18. The molecule has 0 radical (unpaired) electrons. The normalized spacial score (nSPS) is 13.7. The highest BCUT2D eigenvalue weighted by atomic mass is 16.4. The second-order valence-corrected chi connectivity index (χ2v) is 5.63. The fraction of sp³-hybridized carbons (Fsp3) is 0.600. The van der Waals surface area contributed by atoms with E-state index in [0.29, 0.717) is 25.1 Å². The number of carbonyl (C=O) groups is 4. The van der Waals surface area contributed by atoms with Crippen LogP contribution in [0.3, 0.4) is 0 Å². The number of aliphatic imine (C=N–C) groups is 1. The van der Waals surface area contributed by atoms with Gasteiger partial charge in [0.2, 0.25) is 0 Å². The van der Waals surface area contributed by atoms with E-state index in [1.165, 1.54) is 6.21 Å². The molecule has 0 bridgehead atoms. The van der Waals surface area contributed by atoms with E-state index >= 15 is 0 Å². The molecule has 0 spiro atoms. The summed E-state index contributed by atoms with van der Waals surface area (Å²) in [6, 6.07) is -3.64. The monoisotopic (exact) mass is 387 g/mol. The molecule has 7 N–H and O–H groups in total. The number of carboxylic acids is 3. The van der Waals surface area contributed by atoms with Crippen LogP contribution in [0.2, 0.25) is 0 Å². The Kier molecular flexibility index (Phi) is 11.5. The van der Waals surface area contributed by atoms with Crippen molar-refractivity contribution >= 4 is 35.9 Å². The molecular formula is C15H25N5O7. The molecule has 0 rings (SSSR count). The van der Waals surface area contributed by atoms with Crippen molar-refractivity contribution in [2.24, 2.45) is 15.9 Å². The van der Waals surface area contributed by atoms with Crippen LogP contribution < -0.4 is 16.5 Å². The van der Waals surface area contributed by atoms with Crippen molar-refractivity contribution in [3.8, 4) is 0 Å². The van der Waals surface area contributed by atoms with E-state index in [1.54, 1.807) is 6.92 Å². The highest BCUT2D eigenvalue weighted by Gasteiger charge is 2.24. The van der Waals surface area contributed by atoms with Crippen LogP contribution in [0.1, 0.15) is 39.0 Å². The van der Waals surface area contributed by atoms with E-state index in [4.69, 9.17) is 21.2 Å². The first-order valence-corrected chi connectivity index (χ1v) is 8.16. The molecule has 0 saturated heterocycles. The van der Waals surface area contributed by atoms with Gasteiger partial charge in [-0.3, -0.25) is 9.79 Å². The first-order chi connectivity index (χ1) is 12.7. The summed E-state index contributed by atoms with van der Waals surface area (Å²) < 4.78 is 0. The minimum Gasteiger partial charge on any atom is -0.481 e. The topological polar surface area (TPSA) is 204 Å². The summed E-state index contributed by atoms with van der Waals surface area (Å²) in [5, 5.41) is 34.4. The average molecular weight is 387 g/mol. The van der Waals surface area contributed by atoms with Gasteiger partial charge in [-0.25, -0.2) is 14.4 Å². The van der Waals surface area contributed by atoms with Crippen LogP contribution in [0.15, 0.2) is 10.1 Å². The highest BCUT2D eigenvalue weighted by Crippen LogP contribution is 2.03. The SMILES string of the molecule is CC(C=NCCCC[C@H](NC(=O)N[C@H](CCC(=O)O)C(=O)O)C(=O)O)=NN. The second kappa shape index (κ2) is 13.1. The number of nitrogens with one attached hydrogen (secondary N) is 2. The summed E-state index contributed by atoms with van der Waals surface area (Å²) in [5.74, 6) is 1.16. The van der Waals surface area contributed by atoms with Gasteiger partial charge in [0.05, 0.1) is 5.71 Å². The Morgan fingerprint density at radius 2 is 1.56 bits per heavy atom. The molecule has 0 aromatic carbocycles. The summed E-state index contributed by atoms with van der Waals surface area (Å²) in [5.41, 5.74) is 0.549. The summed E-state index contributed by atoms with van der Waals surface area (Å²) in [6.07, 6.45) is 1.86. The van der Waals surface area contributed by atoms with Gasteiger partial charge in [0, 0.05) is 19.2 Å². The summed E-state index contributed by atoms with van der Waals surface area (Å²) >= 11 is 0. The second-order valence-electron chi connectivity index (χ2n) is 5.63. The average Bonchev–Trinajstić information content (AvgIpc) is 2.59. The summed E-state index contributed by atoms with van der Waals surface area (Å²) in [4.78, 5) is 48.6. The van der Waals surface area contributed by atoms with Crippen molar-refractivity contribution in [3.63, 3.8) is 0 Å². The Bertz CT molecular complexity index is 591. The number of hydrazone groups is 1. The molecule has 152 valence electrons. The number of aliphatic carboxylic acids is 3. The maximum absolute atomic E-state index is 11.8. The zero-order chi connectivity index (χ0) is 20.8. The molecule has 12 nitrogen and oxygen atoms in total. The largest absolute Gasteiger partial charge is 0.481 e. The third-order valence-electron chi connectivity index (χ3n) is 3.37. The molecular weight excluding hydrogens is 362 g/mol. The molecule has 0 aromatic rings. The van der Waals surface area contributed by atoms with Crippen molar-refractivity contribution in [1.82, 2.24) is 10.6 Å². The Balaban J connectivity index is 4.43. The van der Waals surface area contributed by atoms with E-state index in [2.05, 4.69) is 20.7 Å². The number of hydrogen-bond acceptors (Lipinski definition) is 7. The molecule has 0 aromatic heterocycles. The number of rotatable bonds is 13. The van der Waals surface area contributed by atoms with E-state index in [-0.39, 0.29) is 12.8 Å². The van der Waals surface area contributed by atoms with Gasteiger partial charge in [0.1, 0.15) is 12.1 Å². The number of unbranched alkanes of at least 4 members (excludes halogenated alkanes) is 1. The molecule has 0 aliphatic carbocycles. The number of nitrogens with zero attached hydrogens (tertiary/aromatic N) is 2. The van der Waals surface area contributed by atoms with Crippen molar-refractivity contribution < 1.29 is 34.5 Å².